The van der Waals surface area contributed by atoms with Crippen molar-refractivity contribution in [3.05, 3.63) is 58.7 Å². The summed E-state index contributed by atoms with van der Waals surface area (Å²) in [7, 11) is 1.44. The molecule has 2 aromatic carbocycles. The van der Waals surface area contributed by atoms with Crippen LogP contribution in [0.15, 0.2) is 36.4 Å². The predicted molar refractivity (Wildman–Crippen MR) is 113 cm³/mol. The number of ether oxygens (including phenoxy) is 2. The van der Waals surface area contributed by atoms with E-state index in [9.17, 15) is 4.79 Å². The van der Waals surface area contributed by atoms with E-state index in [4.69, 9.17) is 9.47 Å². The third-order valence-corrected chi connectivity index (χ3v) is 5.79. The molecular weight excluding hydrogens is 350 g/mol. The van der Waals surface area contributed by atoms with E-state index < -0.39 is 0 Å². The summed E-state index contributed by atoms with van der Waals surface area (Å²) in [6.45, 7) is 11.0. The first-order valence-corrected chi connectivity index (χ1v) is 10.2. The lowest BCUT2D eigenvalue weighted by Gasteiger charge is -2.26. The number of morpholine rings is 1. The van der Waals surface area contributed by atoms with Crippen LogP contribution in [0, 0.1) is 6.92 Å². The molecule has 0 aliphatic carbocycles. The van der Waals surface area contributed by atoms with Gasteiger partial charge in [-0.25, -0.2) is 4.79 Å². The number of methoxy groups -OCH3 is 1. The fourth-order valence-electron chi connectivity index (χ4n) is 3.78. The largest absolute Gasteiger partial charge is 0.465 e. The maximum Gasteiger partial charge on any atom is 0.338 e. The predicted octanol–water partition coefficient (Wildman–Crippen LogP) is 4.79. The highest BCUT2D eigenvalue weighted by Gasteiger charge is 2.18. The van der Waals surface area contributed by atoms with Gasteiger partial charge in [0.1, 0.15) is 0 Å². The lowest BCUT2D eigenvalue weighted by Crippen LogP contribution is -2.35. The summed E-state index contributed by atoms with van der Waals surface area (Å²) < 4.78 is 10.4. The molecule has 1 unspecified atom stereocenters. The minimum atomic E-state index is -0.271. The molecular formula is C24H31NO3. The average molecular weight is 382 g/mol. The zero-order chi connectivity index (χ0) is 20.1. The molecule has 1 fully saturated rings. The van der Waals surface area contributed by atoms with Crippen LogP contribution < -0.4 is 0 Å². The average Bonchev–Trinajstić information content (AvgIpc) is 2.74. The number of nitrogens with zero attached hydrogens (tertiary/aromatic N) is 1. The van der Waals surface area contributed by atoms with Gasteiger partial charge in [0.25, 0.3) is 0 Å². The van der Waals surface area contributed by atoms with E-state index in [-0.39, 0.29) is 5.97 Å². The Bertz CT molecular complexity index is 807. The molecule has 0 bridgehead atoms. The van der Waals surface area contributed by atoms with Crippen LogP contribution in [0.4, 0.5) is 0 Å². The molecule has 1 aliphatic rings. The van der Waals surface area contributed by atoms with Crippen molar-refractivity contribution in [1.82, 2.24) is 4.90 Å². The summed E-state index contributed by atoms with van der Waals surface area (Å²) in [5.74, 6) is 0.122. The van der Waals surface area contributed by atoms with Gasteiger partial charge in [-0.3, -0.25) is 4.90 Å². The molecule has 0 N–H and O–H groups in total. The molecule has 1 saturated heterocycles. The van der Waals surface area contributed by atoms with E-state index in [0.29, 0.717) is 11.5 Å². The fourth-order valence-corrected chi connectivity index (χ4v) is 3.78. The fraction of sp³-hybridized carbons (Fsp3) is 0.458. The first kappa shape index (κ1) is 20.6. The number of rotatable bonds is 6. The maximum atomic E-state index is 12.3. The van der Waals surface area contributed by atoms with E-state index in [1.165, 1.54) is 18.2 Å². The first-order chi connectivity index (χ1) is 13.5. The quantitative estimate of drug-likeness (QED) is 0.674. The molecule has 1 aliphatic heterocycles. The van der Waals surface area contributed by atoms with Gasteiger partial charge in [0, 0.05) is 19.6 Å². The Morgan fingerprint density at radius 2 is 1.82 bits per heavy atom. The van der Waals surface area contributed by atoms with Gasteiger partial charge >= 0.3 is 5.97 Å². The van der Waals surface area contributed by atoms with Crippen molar-refractivity contribution in [1.29, 1.82) is 0 Å². The number of carbonyl (C=O) groups is 1. The van der Waals surface area contributed by atoms with Crippen LogP contribution in [0.25, 0.3) is 11.1 Å². The van der Waals surface area contributed by atoms with Crippen LogP contribution in [-0.4, -0.2) is 44.3 Å². The van der Waals surface area contributed by atoms with E-state index in [2.05, 4.69) is 49.1 Å². The molecule has 2 aromatic rings. The molecule has 4 nitrogen and oxygen atoms in total. The number of hydrogen-bond acceptors (Lipinski definition) is 4. The Kier molecular flexibility index (Phi) is 6.87. The third-order valence-electron chi connectivity index (χ3n) is 5.79. The summed E-state index contributed by atoms with van der Waals surface area (Å²) in [5.41, 5.74) is 6.40. The SMILES string of the molecule is CCC(C)c1cc(-c2ccc(CN3CCOCC3)cc2)cc(C(=O)OC)c1C. The topological polar surface area (TPSA) is 38.8 Å². The van der Waals surface area contributed by atoms with Crippen molar-refractivity contribution in [2.75, 3.05) is 33.4 Å². The molecule has 0 aromatic heterocycles. The smallest absolute Gasteiger partial charge is 0.338 e. The van der Waals surface area contributed by atoms with E-state index in [1.54, 1.807) is 0 Å². The third kappa shape index (κ3) is 4.62. The number of hydrogen-bond donors (Lipinski definition) is 0. The number of esters is 1. The number of benzene rings is 2. The molecule has 0 spiro atoms. The summed E-state index contributed by atoms with van der Waals surface area (Å²) in [6, 6.07) is 12.9. The van der Waals surface area contributed by atoms with Crippen molar-refractivity contribution in [2.24, 2.45) is 0 Å². The summed E-state index contributed by atoms with van der Waals surface area (Å²) >= 11 is 0. The highest BCUT2D eigenvalue weighted by atomic mass is 16.5. The maximum absolute atomic E-state index is 12.3. The van der Waals surface area contributed by atoms with Crippen LogP contribution in [-0.2, 0) is 16.0 Å². The zero-order valence-electron chi connectivity index (χ0n) is 17.5. The van der Waals surface area contributed by atoms with Gasteiger partial charge in [0.15, 0.2) is 0 Å². The Morgan fingerprint density at radius 3 is 2.43 bits per heavy atom. The summed E-state index contributed by atoms with van der Waals surface area (Å²) in [6.07, 6.45) is 1.03. The Hall–Kier alpha value is -2.17. The Labute approximate surface area is 168 Å². The van der Waals surface area contributed by atoms with Crippen LogP contribution in [0.2, 0.25) is 0 Å². The second kappa shape index (κ2) is 9.35. The first-order valence-electron chi connectivity index (χ1n) is 10.2. The lowest BCUT2D eigenvalue weighted by molar-refractivity contribution is 0.0342. The van der Waals surface area contributed by atoms with Crippen LogP contribution in [0.1, 0.15) is 53.2 Å². The molecule has 0 amide bonds. The summed E-state index contributed by atoms with van der Waals surface area (Å²) in [5, 5.41) is 0. The molecule has 1 heterocycles. The van der Waals surface area contributed by atoms with Crippen molar-refractivity contribution >= 4 is 5.97 Å². The highest BCUT2D eigenvalue weighted by Crippen LogP contribution is 2.31. The van der Waals surface area contributed by atoms with E-state index in [1.807, 2.05) is 13.0 Å². The standard InChI is InChI=1S/C24H31NO3/c1-5-17(2)22-14-21(15-23(18(22)3)24(26)27-4)20-8-6-19(7-9-20)16-25-10-12-28-13-11-25/h6-9,14-15,17H,5,10-13,16H2,1-4H3. The number of carbonyl (C=O) groups excluding carboxylic acids is 1. The van der Waals surface area contributed by atoms with Crippen LogP contribution in [0.3, 0.4) is 0 Å². The molecule has 0 radical (unpaired) electrons. The zero-order valence-corrected chi connectivity index (χ0v) is 17.5. The minimum Gasteiger partial charge on any atom is -0.465 e. The molecule has 1 atom stereocenters. The second-order valence-electron chi connectivity index (χ2n) is 7.62. The van der Waals surface area contributed by atoms with E-state index in [0.717, 1.165) is 56.0 Å². The summed E-state index contributed by atoms with van der Waals surface area (Å²) in [4.78, 5) is 14.7. The highest BCUT2D eigenvalue weighted by molar-refractivity contribution is 5.93. The van der Waals surface area contributed by atoms with E-state index >= 15 is 0 Å². The van der Waals surface area contributed by atoms with Gasteiger partial charge in [0.05, 0.1) is 25.9 Å². The van der Waals surface area contributed by atoms with Gasteiger partial charge in [-0.05, 0) is 53.1 Å². The van der Waals surface area contributed by atoms with Crippen molar-refractivity contribution in [3.8, 4) is 11.1 Å². The molecule has 28 heavy (non-hydrogen) atoms. The molecule has 4 heteroatoms. The van der Waals surface area contributed by atoms with Gasteiger partial charge < -0.3 is 9.47 Å². The van der Waals surface area contributed by atoms with Gasteiger partial charge in [-0.1, -0.05) is 44.2 Å². The Morgan fingerprint density at radius 1 is 1.14 bits per heavy atom. The second-order valence-corrected chi connectivity index (χ2v) is 7.62. The molecule has 150 valence electrons. The van der Waals surface area contributed by atoms with Gasteiger partial charge in [-0.2, -0.15) is 0 Å². The normalized spacial score (nSPS) is 16.0. The minimum absolute atomic E-state index is 0.271. The van der Waals surface area contributed by atoms with Crippen molar-refractivity contribution in [2.45, 2.75) is 39.7 Å². The van der Waals surface area contributed by atoms with Gasteiger partial charge in [0.2, 0.25) is 0 Å². The lowest BCUT2D eigenvalue weighted by atomic mass is 9.87. The van der Waals surface area contributed by atoms with Crippen molar-refractivity contribution in [3.63, 3.8) is 0 Å². The molecule has 3 rings (SSSR count). The van der Waals surface area contributed by atoms with Crippen molar-refractivity contribution < 1.29 is 14.3 Å². The van der Waals surface area contributed by atoms with Crippen LogP contribution >= 0.6 is 0 Å². The molecule has 0 saturated carbocycles. The monoisotopic (exact) mass is 381 g/mol. The van der Waals surface area contributed by atoms with Gasteiger partial charge in [-0.15, -0.1) is 0 Å². The van der Waals surface area contributed by atoms with Crippen LogP contribution in [0.5, 0.6) is 0 Å². The Balaban J connectivity index is 1.90.